The van der Waals surface area contributed by atoms with Crippen molar-refractivity contribution in [3.8, 4) is 29.3 Å². The minimum Gasteiger partial charge on any atom is -0.236 e. The SMILES string of the molecule is Cc1cnc(-c2ccc(C#CC#N)c(F)c2)nc1. The van der Waals surface area contributed by atoms with Crippen LogP contribution < -0.4 is 0 Å². The molecular weight excluding hydrogens is 229 g/mol. The van der Waals surface area contributed by atoms with Gasteiger partial charge >= 0.3 is 0 Å². The molecule has 2 rings (SSSR count). The van der Waals surface area contributed by atoms with E-state index in [4.69, 9.17) is 5.26 Å². The quantitative estimate of drug-likeness (QED) is 0.716. The first-order valence-corrected chi connectivity index (χ1v) is 5.19. The van der Waals surface area contributed by atoms with Crippen LogP contribution in [-0.2, 0) is 0 Å². The van der Waals surface area contributed by atoms with Gasteiger partial charge in [-0.25, -0.2) is 14.4 Å². The molecule has 3 nitrogen and oxygen atoms in total. The van der Waals surface area contributed by atoms with Gasteiger partial charge in [0.15, 0.2) is 11.9 Å². The van der Waals surface area contributed by atoms with E-state index in [9.17, 15) is 4.39 Å². The van der Waals surface area contributed by atoms with Gasteiger partial charge < -0.3 is 0 Å². The third kappa shape index (κ3) is 2.50. The number of hydrogen-bond acceptors (Lipinski definition) is 3. The standard InChI is InChI=1S/C14H8FN3/c1-10-8-17-14(18-9-10)12-5-4-11(3-2-6-16)13(15)7-12/h4-5,7-9H,1H3. The van der Waals surface area contributed by atoms with Crippen molar-refractivity contribution in [1.82, 2.24) is 9.97 Å². The van der Waals surface area contributed by atoms with Crippen LogP contribution in [0, 0.1) is 35.9 Å². The molecule has 4 heteroatoms. The summed E-state index contributed by atoms with van der Waals surface area (Å²) in [6.45, 7) is 1.88. The third-order valence-corrected chi connectivity index (χ3v) is 2.26. The van der Waals surface area contributed by atoms with Crippen LogP contribution >= 0.6 is 0 Å². The zero-order chi connectivity index (χ0) is 13.0. The van der Waals surface area contributed by atoms with Gasteiger partial charge in [0.1, 0.15) is 5.82 Å². The van der Waals surface area contributed by atoms with Crippen LogP contribution in [0.5, 0.6) is 0 Å². The molecule has 1 heterocycles. The lowest BCUT2D eigenvalue weighted by Gasteiger charge is -2.01. The fourth-order valence-electron chi connectivity index (χ4n) is 1.39. The summed E-state index contributed by atoms with van der Waals surface area (Å²) in [6.07, 6.45) is 3.34. The van der Waals surface area contributed by atoms with Crippen LogP contribution in [0.1, 0.15) is 11.1 Å². The molecule has 1 aromatic carbocycles. The first-order chi connectivity index (χ1) is 8.70. The third-order valence-electron chi connectivity index (χ3n) is 2.26. The first kappa shape index (κ1) is 11.8. The lowest BCUT2D eigenvalue weighted by molar-refractivity contribution is 0.624. The molecule has 18 heavy (non-hydrogen) atoms. The molecule has 0 fully saturated rings. The number of hydrogen-bond donors (Lipinski definition) is 0. The summed E-state index contributed by atoms with van der Waals surface area (Å²) in [7, 11) is 0. The Kier molecular flexibility index (Phi) is 3.31. The zero-order valence-corrected chi connectivity index (χ0v) is 9.61. The molecular formula is C14H8FN3. The van der Waals surface area contributed by atoms with Gasteiger partial charge in [-0.2, -0.15) is 5.26 Å². The molecule has 0 saturated carbocycles. The molecule has 0 spiro atoms. The number of nitriles is 1. The van der Waals surface area contributed by atoms with Crippen molar-refractivity contribution in [3.63, 3.8) is 0 Å². The first-order valence-electron chi connectivity index (χ1n) is 5.19. The van der Waals surface area contributed by atoms with Gasteiger partial charge in [-0.15, -0.1) is 0 Å². The molecule has 0 radical (unpaired) electrons. The average Bonchev–Trinajstić information content (AvgIpc) is 2.38. The van der Waals surface area contributed by atoms with Crippen molar-refractivity contribution in [2.24, 2.45) is 0 Å². The number of nitrogens with zero attached hydrogens (tertiary/aromatic N) is 3. The normalized spacial score (nSPS) is 9.17. The van der Waals surface area contributed by atoms with Crippen molar-refractivity contribution in [2.75, 3.05) is 0 Å². The topological polar surface area (TPSA) is 49.6 Å². The molecule has 0 aliphatic carbocycles. The number of rotatable bonds is 1. The van der Waals surface area contributed by atoms with E-state index in [1.807, 2.05) is 6.92 Å². The average molecular weight is 237 g/mol. The highest BCUT2D eigenvalue weighted by molar-refractivity contribution is 5.57. The van der Waals surface area contributed by atoms with Gasteiger partial charge in [-0.3, -0.25) is 0 Å². The molecule has 0 bridgehead atoms. The predicted octanol–water partition coefficient (Wildman–Crippen LogP) is 2.47. The molecule has 0 amide bonds. The molecule has 0 atom stereocenters. The number of aryl methyl sites for hydroxylation is 1. The van der Waals surface area contributed by atoms with Gasteiger partial charge in [0.2, 0.25) is 0 Å². The molecule has 0 aliphatic rings. The largest absolute Gasteiger partial charge is 0.236 e. The van der Waals surface area contributed by atoms with Crippen LogP contribution in [0.3, 0.4) is 0 Å². The summed E-state index contributed by atoms with van der Waals surface area (Å²) in [5, 5.41) is 8.31. The van der Waals surface area contributed by atoms with E-state index in [1.54, 1.807) is 24.5 Å². The fraction of sp³-hybridized carbons (Fsp3) is 0.0714. The summed E-state index contributed by atoms with van der Waals surface area (Å²) in [4.78, 5) is 8.23. The van der Waals surface area contributed by atoms with E-state index in [-0.39, 0.29) is 5.56 Å². The Morgan fingerprint density at radius 2 is 1.94 bits per heavy atom. The highest BCUT2D eigenvalue weighted by atomic mass is 19.1. The highest BCUT2D eigenvalue weighted by Crippen LogP contribution is 2.17. The van der Waals surface area contributed by atoms with E-state index >= 15 is 0 Å². The molecule has 0 N–H and O–H groups in total. The van der Waals surface area contributed by atoms with Crippen LogP contribution in [0.15, 0.2) is 30.6 Å². The maximum Gasteiger partial charge on any atom is 0.159 e. The lowest BCUT2D eigenvalue weighted by Crippen LogP contribution is -1.91. The predicted molar refractivity (Wildman–Crippen MR) is 64.7 cm³/mol. The summed E-state index contributed by atoms with van der Waals surface area (Å²) in [5.41, 5.74) is 1.71. The maximum atomic E-state index is 13.7. The second-order valence-corrected chi connectivity index (χ2v) is 3.64. The van der Waals surface area contributed by atoms with E-state index < -0.39 is 5.82 Å². The van der Waals surface area contributed by atoms with Crippen LogP contribution in [-0.4, -0.2) is 9.97 Å². The Balaban J connectivity index is 2.40. The molecule has 1 aromatic heterocycles. The van der Waals surface area contributed by atoms with Crippen molar-refractivity contribution < 1.29 is 4.39 Å². The van der Waals surface area contributed by atoms with Crippen LogP contribution in [0.2, 0.25) is 0 Å². The van der Waals surface area contributed by atoms with Crippen molar-refractivity contribution >= 4 is 0 Å². The van der Waals surface area contributed by atoms with Gasteiger partial charge in [-0.05, 0) is 36.6 Å². The highest BCUT2D eigenvalue weighted by Gasteiger charge is 2.05. The van der Waals surface area contributed by atoms with Crippen molar-refractivity contribution in [2.45, 2.75) is 6.92 Å². The van der Waals surface area contributed by atoms with Gasteiger partial charge in [0, 0.05) is 23.9 Å². The van der Waals surface area contributed by atoms with Gasteiger partial charge in [0.25, 0.3) is 0 Å². The van der Waals surface area contributed by atoms with E-state index in [1.165, 1.54) is 12.1 Å². The van der Waals surface area contributed by atoms with Crippen LogP contribution in [0.25, 0.3) is 11.4 Å². The Labute approximate surface area is 104 Å². The molecule has 0 unspecified atom stereocenters. The second kappa shape index (κ2) is 5.07. The Hall–Kier alpha value is -2.72. The molecule has 0 saturated heterocycles. The lowest BCUT2D eigenvalue weighted by atomic mass is 10.1. The summed E-state index contributed by atoms with van der Waals surface area (Å²) in [5.74, 6) is 4.55. The van der Waals surface area contributed by atoms with Crippen molar-refractivity contribution in [3.05, 3.63) is 47.5 Å². The Morgan fingerprint density at radius 1 is 1.22 bits per heavy atom. The minimum atomic E-state index is -0.487. The van der Waals surface area contributed by atoms with Gasteiger partial charge in [0.05, 0.1) is 5.56 Å². The van der Waals surface area contributed by atoms with E-state index in [0.29, 0.717) is 11.4 Å². The molecule has 0 aliphatic heterocycles. The van der Waals surface area contributed by atoms with Crippen LogP contribution in [0.4, 0.5) is 4.39 Å². The minimum absolute atomic E-state index is 0.187. The molecule has 2 aromatic rings. The summed E-state index contributed by atoms with van der Waals surface area (Å²) in [6, 6.07) is 6.14. The second-order valence-electron chi connectivity index (χ2n) is 3.64. The molecule has 86 valence electrons. The zero-order valence-electron chi connectivity index (χ0n) is 9.61. The number of benzene rings is 1. The number of halogens is 1. The monoisotopic (exact) mass is 237 g/mol. The smallest absolute Gasteiger partial charge is 0.159 e. The van der Waals surface area contributed by atoms with Crippen molar-refractivity contribution in [1.29, 1.82) is 5.26 Å². The Morgan fingerprint density at radius 3 is 2.56 bits per heavy atom. The number of aromatic nitrogens is 2. The van der Waals surface area contributed by atoms with E-state index in [0.717, 1.165) is 5.56 Å². The van der Waals surface area contributed by atoms with Gasteiger partial charge in [-0.1, -0.05) is 0 Å². The maximum absolute atomic E-state index is 13.7. The summed E-state index contributed by atoms with van der Waals surface area (Å²) >= 11 is 0. The van der Waals surface area contributed by atoms with E-state index in [2.05, 4.69) is 21.8 Å². The fourth-order valence-corrected chi connectivity index (χ4v) is 1.39. The summed E-state index contributed by atoms with van der Waals surface area (Å²) < 4.78 is 13.7. The Bertz CT molecular complexity index is 673.